The van der Waals surface area contributed by atoms with Crippen molar-refractivity contribution in [1.29, 1.82) is 0 Å². The quantitative estimate of drug-likeness (QED) is 0.358. The molecule has 9 heavy (non-hydrogen) atoms. The van der Waals surface area contributed by atoms with E-state index in [4.69, 9.17) is 17.7 Å². The molecule has 0 aromatic rings. The summed E-state index contributed by atoms with van der Waals surface area (Å²) in [4.78, 5) is 0. The van der Waals surface area contributed by atoms with Gasteiger partial charge in [-0.3, -0.25) is 0 Å². The minimum Gasteiger partial charge on any atom is -0.387 e. The summed E-state index contributed by atoms with van der Waals surface area (Å²) in [6.07, 6.45) is 3.75. The maximum atomic E-state index is 8.94. The molecule has 0 fully saturated rings. The van der Waals surface area contributed by atoms with Crippen molar-refractivity contribution >= 4 is 7.85 Å². The van der Waals surface area contributed by atoms with E-state index in [2.05, 4.69) is 0 Å². The standard InChI is InChI=1S/C6H9BO2/c7-6-3-1-2-5(8)4-9-6/h1-2,5-6,8H,3-4H2/t5-,6+/m0/s1. The van der Waals surface area contributed by atoms with Crippen molar-refractivity contribution in [3.8, 4) is 0 Å². The van der Waals surface area contributed by atoms with Crippen molar-refractivity contribution < 1.29 is 9.84 Å². The fourth-order valence-electron chi connectivity index (χ4n) is 0.716. The van der Waals surface area contributed by atoms with E-state index in [-0.39, 0.29) is 6.00 Å². The Balaban J connectivity index is 2.39. The van der Waals surface area contributed by atoms with E-state index in [0.29, 0.717) is 13.0 Å². The molecule has 2 nitrogen and oxygen atoms in total. The van der Waals surface area contributed by atoms with Crippen molar-refractivity contribution in [2.75, 3.05) is 6.61 Å². The van der Waals surface area contributed by atoms with Crippen molar-refractivity contribution in [1.82, 2.24) is 0 Å². The van der Waals surface area contributed by atoms with Gasteiger partial charge in [0.25, 0.3) is 0 Å². The summed E-state index contributed by atoms with van der Waals surface area (Å²) in [6, 6.07) is -0.238. The van der Waals surface area contributed by atoms with Crippen LogP contribution in [0, 0.1) is 0 Å². The van der Waals surface area contributed by atoms with Gasteiger partial charge in [-0.1, -0.05) is 12.2 Å². The zero-order valence-corrected chi connectivity index (χ0v) is 5.16. The first-order valence-corrected chi connectivity index (χ1v) is 3.01. The average Bonchev–Trinajstić information content (AvgIpc) is 1.97. The molecule has 48 valence electrons. The first kappa shape index (κ1) is 6.84. The van der Waals surface area contributed by atoms with Crippen molar-refractivity contribution in [2.45, 2.75) is 18.5 Å². The van der Waals surface area contributed by atoms with Crippen LogP contribution in [-0.4, -0.2) is 31.7 Å². The molecule has 1 aliphatic heterocycles. The predicted molar refractivity (Wildman–Crippen MR) is 35.3 cm³/mol. The van der Waals surface area contributed by atoms with E-state index in [1.165, 1.54) is 0 Å². The molecule has 0 unspecified atom stereocenters. The fraction of sp³-hybridized carbons (Fsp3) is 0.667. The first-order valence-electron chi connectivity index (χ1n) is 3.01. The Kier molecular flexibility index (Phi) is 2.31. The Hall–Kier alpha value is -0.275. The molecule has 0 aromatic carbocycles. The number of hydrogen-bond donors (Lipinski definition) is 1. The highest BCUT2D eigenvalue weighted by Crippen LogP contribution is 2.02. The monoisotopic (exact) mass is 124 g/mol. The SMILES string of the molecule is [B][C@H]1CC=C[C@H](O)CO1. The fourth-order valence-corrected chi connectivity index (χ4v) is 0.716. The predicted octanol–water partition coefficient (Wildman–Crippen LogP) is -0.182. The van der Waals surface area contributed by atoms with Gasteiger partial charge in [0.2, 0.25) is 0 Å². The number of rotatable bonds is 0. The lowest BCUT2D eigenvalue weighted by Gasteiger charge is -2.08. The van der Waals surface area contributed by atoms with E-state index in [1.54, 1.807) is 6.08 Å². The maximum absolute atomic E-state index is 8.94. The Morgan fingerprint density at radius 2 is 2.44 bits per heavy atom. The molecule has 1 aliphatic rings. The molecule has 1 N–H and O–H groups in total. The second kappa shape index (κ2) is 3.04. The summed E-state index contributed by atoms with van der Waals surface area (Å²) in [5.41, 5.74) is 0. The molecule has 1 heterocycles. The van der Waals surface area contributed by atoms with E-state index in [9.17, 15) is 0 Å². The van der Waals surface area contributed by atoms with E-state index >= 15 is 0 Å². The number of aliphatic hydroxyl groups is 1. The van der Waals surface area contributed by atoms with Crippen LogP contribution in [-0.2, 0) is 4.74 Å². The smallest absolute Gasteiger partial charge is 0.109 e. The lowest BCUT2D eigenvalue weighted by molar-refractivity contribution is 0.0497. The number of aliphatic hydroxyl groups excluding tert-OH is 1. The minimum absolute atomic E-state index is 0.238. The van der Waals surface area contributed by atoms with Gasteiger partial charge < -0.3 is 9.84 Å². The Morgan fingerprint density at radius 3 is 3.22 bits per heavy atom. The normalized spacial score (nSPS) is 36.1. The summed E-state index contributed by atoms with van der Waals surface area (Å²) < 4.78 is 4.98. The first-order chi connectivity index (χ1) is 4.29. The molecule has 0 spiro atoms. The third kappa shape index (κ3) is 2.20. The molecule has 0 aliphatic carbocycles. The zero-order chi connectivity index (χ0) is 6.69. The summed E-state index contributed by atoms with van der Waals surface area (Å²) >= 11 is 0. The van der Waals surface area contributed by atoms with Crippen LogP contribution in [0.25, 0.3) is 0 Å². The molecule has 0 saturated heterocycles. The average molecular weight is 124 g/mol. The third-order valence-corrected chi connectivity index (χ3v) is 1.21. The van der Waals surface area contributed by atoms with Gasteiger partial charge in [0.05, 0.1) is 12.7 Å². The second-order valence-electron chi connectivity index (χ2n) is 2.10. The van der Waals surface area contributed by atoms with E-state index in [0.717, 1.165) is 0 Å². The largest absolute Gasteiger partial charge is 0.387 e. The molecule has 0 bridgehead atoms. The molecule has 0 amide bonds. The van der Waals surface area contributed by atoms with E-state index in [1.807, 2.05) is 6.08 Å². The molecular formula is C6H9BO2. The Bertz CT molecular complexity index is 114. The summed E-state index contributed by atoms with van der Waals surface area (Å²) in [5.74, 6) is 0. The van der Waals surface area contributed by atoms with E-state index < -0.39 is 6.10 Å². The lowest BCUT2D eigenvalue weighted by atomic mass is 9.97. The molecule has 3 heteroatoms. The molecule has 2 atom stereocenters. The number of hydrogen-bond acceptors (Lipinski definition) is 2. The maximum Gasteiger partial charge on any atom is 0.109 e. The third-order valence-electron chi connectivity index (χ3n) is 1.21. The van der Waals surface area contributed by atoms with Crippen molar-refractivity contribution in [3.63, 3.8) is 0 Å². The van der Waals surface area contributed by atoms with Gasteiger partial charge in [-0.25, -0.2) is 0 Å². The van der Waals surface area contributed by atoms with Gasteiger partial charge in [-0.2, -0.15) is 0 Å². The van der Waals surface area contributed by atoms with Gasteiger partial charge in [-0.05, 0) is 6.42 Å². The Morgan fingerprint density at radius 1 is 1.67 bits per heavy atom. The lowest BCUT2D eigenvalue weighted by Crippen LogP contribution is -2.16. The Labute approximate surface area is 55.9 Å². The second-order valence-corrected chi connectivity index (χ2v) is 2.10. The minimum atomic E-state index is -0.474. The topological polar surface area (TPSA) is 29.5 Å². The highest BCUT2D eigenvalue weighted by molar-refractivity contribution is 6.11. The summed E-state index contributed by atoms with van der Waals surface area (Å²) in [7, 11) is 5.41. The molecule has 2 radical (unpaired) electrons. The highest BCUT2D eigenvalue weighted by atomic mass is 16.5. The van der Waals surface area contributed by atoms with Crippen LogP contribution in [0.1, 0.15) is 6.42 Å². The van der Waals surface area contributed by atoms with Crippen LogP contribution < -0.4 is 0 Å². The summed E-state index contributed by atoms with van der Waals surface area (Å²) in [6.45, 7) is 0.317. The van der Waals surface area contributed by atoms with Crippen LogP contribution >= 0.6 is 0 Å². The van der Waals surface area contributed by atoms with Crippen LogP contribution in [0.4, 0.5) is 0 Å². The van der Waals surface area contributed by atoms with Crippen LogP contribution in [0.2, 0.25) is 0 Å². The van der Waals surface area contributed by atoms with Gasteiger partial charge in [0, 0.05) is 6.00 Å². The van der Waals surface area contributed by atoms with Crippen LogP contribution in [0.3, 0.4) is 0 Å². The molecular weight excluding hydrogens is 115 g/mol. The van der Waals surface area contributed by atoms with Gasteiger partial charge >= 0.3 is 0 Å². The van der Waals surface area contributed by atoms with Gasteiger partial charge in [-0.15, -0.1) is 0 Å². The number of ether oxygens (including phenoxy) is 1. The molecule has 1 rings (SSSR count). The van der Waals surface area contributed by atoms with Crippen molar-refractivity contribution in [2.24, 2.45) is 0 Å². The zero-order valence-electron chi connectivity index (χ0n) is 5.16. The molecule has 0 saturated carbocycles. The highest BCUT2D eigenvalue weighted by Gasteiger charge is 2.07. The summed E-state index contributed by atoms with van der Waals surface area (Å²) in [5, 5.41) is 8.94. The van der Waals surface area contributed by atoms with Gasteiger partial charge in [0.1, 0.15) is 7.85 Å². The van der Waals surface area contributed by atoms with Crippen LogP contribution in [0.5, 0.6) is 0 Å². The van der Waals surface area contributed by atoms with Gasteiger partial charge in [0.15, 0.2) is 0 Å². The molecule has 0 aromatic heterocycles. The van der Waals surface area contributed by atoms with Crippen molar-refractivity contribution in [3.05, 3.63) is 12.2 Å². The van der Waals surface area contributed by atoms with Crippen LogP contribution in [0.15, 0.2) is 12.2 Å².